The lowest BCUT2D eigenvalue weighted by atomic mass is 10.1. The first-order valence-corrected chi connectivity index (χ1v) is 11.7. The molecule has 2 atom stereocenters. The number of nitrogens with one attached hydrogen (secondary N) is 1. The quantitative estimate of drug-likeness (QED) is 0.131. The van der Waals surface area contributed by atoms with E-state index >= 15 is 0 Å². The van der Waals surface area contributed by atoms with Gasteiger partial charge < -0.3 is 37.5 Å². The van der Waals surface area contributed by atoms with E-state index in [4.69, 9.17) is 5.73 Å². The van der Waals surface area contributed by atoms with Gasteiger partial charge in [-0.2, -0.15) is 0 Å². The van der Waals surface area contributed by atoms with Crippen LogP contribution in [0.5, 0.6) is 0 Å². The number of ether oxygens (including phenoxy) is 2. The van der Waals surface area contributed by atoms with Crippen molar-refractivity contribution in [3.8, 4) is 0 Å². The minimum absolute atomic E-state index is 0. The summed E-state index contributed by atoms with van der Waals surface area (Å²) in [5.41, 5.74) is 5.60. The highest BCUT2D eigenvalue weighted by Gasteiger charge is 2.23. The molecule has 0 rings (SSSR count). The molecule has 0 saturated carbocycles. The largest absolute Gasteiger partial charge is 1.00 e. The maximum Gasteiger partial charge on any atom is 0.322 e. The minimum Gasteiger partial charge on any atom is -1.00 e. The van der Waals surface area contributed by atoms with Crippen molar-refractivity contribution in [1.82, 2.24) is 5.32 Å². The van der Waals surface area contributed by atoms with Gasteiger partial charge in [-0.05, 0) is 12.8 Å². The molecule has 0 unspecified atom stereocenters. The molecule has 0 saturated heterocycles. The van der Waals surface area contributed by atoms with Crippen LogP contribution < -0.4 is 28.0 Å². The topological polar surface area (TPSA) is 142 Å². The van der Waals surface area contributed by atoms with Gasteiger partial charge in [0.25, 0.3) is 0 Å². The maximum absolute atomic E-state index is 12.4. The highest BCUT2D eigenvalue weighted by molar-refractivity contribution is 8.76. The minimum atomic E-state index is -0.922. The molecule has 12 heteroatoms. The Morgan fingerprint density at radius 1 is 0.967 bits per heavy atom. The summed E-state index contributed by atoms with van der Waals surface area (Å²) in [6, 6.07) is -1.74. The molecule has 0 spiro atoms. The van der Waals surface area contributed by atoms with Gasteiger partial charge in [0.1, 0.15) is 11.8 Å². The third kappa shape index (κ3) is 14.8. The first-order chi connectivity index (χ1) is 13.7. The van der Waals surface area contributed by atoms with Crippen LogP contribution in [-0.4, -0.2) is 67.2 Å². The van der Waals surface area contributed by atoms with Gasteiger partial charge in [0.15, 0.2) is 5.78 Å². The van der Waals surface area contributed by atoms with E-state index in [1.807, 2.05) is 6.92 Å². The first kappa shape index (κ1) is 31.1. The third-order valence-corrected chi connectivity index (χ3v) is 6.12. The zero-order chi connectivity index (χ0) is 22.2. The summed E-state index contributed by atoms with van der Waals surface area (Å²) in [7, 11) is 5.06. The van der Waals surface area contributed by atoms with E-state index in [2.05, 4.69) is 14.8 Å². The molecule has 0 heterocycles. The Morgan fingerprint density at radius 2 is 1.63 bits per heavy atom. The molecule has 9 nitrogen and oxygen atoms in total. The molecule has 0 bridgehead atoms. The van der Waals surface area contributed by atoms with Crippen LogP contribution in [0, 0.1) is 0 Å². The van der Waals surface area contributed by atoms with Crippen molar-refractivity contribution >= 4 is 51.0 Å². The Hall–Kier alpha value is -1.11. The van der Waals surface area contributed by atoms with E-state index < -0.39 is 29.9 Å². The van der Waals surface area contributed by atoms with Gasteiger partial charge in [0, 0.05) is 25.0 Å². The van der Waals surface area contributed by atoms with E-state index in [0.717, 1.165) is 6.42 Å². The van der Waals surface area contributed by atoms with Crippen molar-refractivity contribution in [3.05, 3.63) is 0 Å². The zero-order valence-corrected chi connectivity index (χ0v) is 20.7. The van der Waals surface area contributed by atoms with Crippen molar-refractivity contribution in [1.29, 1.82) is 0 Å². The SMILES string of the molecule is CCCC(=O)CSSC[C@H](NC(=O)CC[C@H](N)C(=O)OC)C(=O)CCC(=O)OC.[Br-]. The van der Waals surface area contributed by atoms with Crippen LogP contribution in [-0.2, 0) is 33.4 Å². The summed E-state index contributed by atoms with van der Waals surface area (Å²) in [6.07, 6.45) is 1.16. The fourth-order valence-electron chi connectivity index (χ4n) is 2.11. The molecule has 0 fully saturated rings. The van der Waals surface area contributed by atoms with Crippen LogP contribution in [0.25, 0.3) is 0 Å². The number of Topliss-reactive ketones (excluding diaryl/α,β-unsaturated/α-hetero) is 2. The summed E-state index contributed by atoms with van der Waals surface area (Å²) in [6.45, 7) is 1.92. The van der Waals surface area contributed by atoms with Crippen LogP contribution in [0.1, 0.15) is 45.4 Å². The number of esters is 2. The standard InChI is InChI=1S/C18H30N2O7S2.BrH/c1-4-5-12(21)10-28-29-11-14(15(22)7-9-17(24)26-2)20-16(23)8-6-13(19)18(25)27-3;/h13-14H,4-11,19H2,1-3H3,(H,20,23);1H/p-1/t13-,14-;/m0./s1. The summed E-state index contributed by atoms with van der Waals surface area (Å²) in [4.78, 5) is 58.7. The number of halogens is 1. The van der Waals surface area contributed by atoms with Crippen molar-refractivity contribution in [3.63, 3.8) is 0 Å². The molecule has 0 aliphatic rings. The normalized spacial score (nSPS) is 12.1. The lowest BCUT2D eigenvalue weighted by Crippen LogP contribution is -3.00. The molecule has 0 aromatic heterocycles. The Balaban J connectivity index is 0. The smallest absolute Gasteiger partial charge is 0.322 e. The van der Waals surface area contributed by atoms with Crippen molar-refractivity contribution in [2.75, 3.05) is 25.7 Å². The molecular weight excluding hydrogens is 500 g/mol. The molecule has 30 heavy (non-hydrogen) atoms. The average Bonchev–Trinajstić information content (AvgIpc) is 2.71. The molecule has 0 aromatic rings. The Kier molecular flexibility index (Phi) is 19.3. The monoisotopic (exact) mass is 529 g/mol. The second-order valence-corrected chi connectivity index (χ2v) is 8.67. The van der Waals surface area contributed by atoms with E-state index in [0.29, 0.717) is 12.2 Å². The Morgan fingerprint density at radius 3 is 2.20 bits per heavy atom. The average molecular weight is 530 g/mol. The van der Waals surface area contributed by atoms with Gasteiger partial charge in [0.05, 0.1) is 32.4 Å². The van der Waals surface area contributed by atoms with Crippen molar-refractivity contribution < 1.29 is 50.4 Å². The summed E-state index contributed by atoms with van der Waals surface area (Å²) >= 11 is 0. The molecular formula is C18H30BrN2O7S2-. The van der Waals surface area contributed by atoms with Crippen LogP contribution in [0.2, 0.25) is 0 Å². The summed E-state index contributed by atoms with van der Waals surface area (Å²) in [5, 5.41) is 2.62. The number of carbonyl (C=O) groups is 5. The van der Waals surface area contributed by atoms with E-state index in [1.165, 1.54) is 35.8 Å². The van der Waals surface area contributed by atoms with Gasteiger partial charge in [-0.25, -0.2) is 0 Å². The van der Waals surface area contributed by atoms with Gasteiger partial charge in [-0.3, -0.25) is 24.0 Å². The molecule has 0 radical (unpaired) electrons. The third-order valence-electron chi connectivity index (χ3n) is 3.78. The Bertz CT molecular complexity index is 579. The van der Waals surface area contributed by atoms with Crippen molar-refractivity contribution in [2.45, 2.75) is 57.5 Å². The van der Waals surface area contributed by atoms with Crippen LogP contribution in [0.15, 0.2) is 0 Å². The first-order valence-electron chi connectivity index (χ1n) is 9.23. The summed E-state index contributed by atoms with van der Waals surface area (Å²) < 4.78 is 9.03. The second-order valence-electron chi connectivity index (χ2n) is 6.17. The zero-order valence-electron chi connectivity index (χ0n) is 17.4. The number of rotatable bonds is 16. The number of amides is 1. The molecule has 174 valence electrons. The highest BCUT2D eigenvalue weighted by atomic mass is 79.9. The molecule has 0 aromatic carbocycles. The van der Waals surface area contributed by atoms with Gasteiger partial charge in [-0.1, -0.05) is 28.5 Å². The number of methoxy groups -OCH3 is 2. The van der Waals surface area contributed by atoms with E-state index in [-0.39, 0.29) is 60.0 Å². The van der Waals surface area contributed by atoms with Gasteiger partial charge >= 0.3 is 11.9 Å². The maximum atomic E-state index is 12.4. The molecule has 0 aliphatic heterocycles. The molecule has 3 N–H and O–H groups in total. The highest BCUT2D eigenvalue weighted by Crippen LogP contribution is 2.23. The van der Waals surface area contributed by atoms with Crippen LogP contribution >= 0.6 is 21.6 Å². The summed E-state index contributed by atoms with van der Waals surface area (Å²) in [5.74, 6) is -1.18. The number of carbonyl (C=O) groups excluding carboxylic acids is 5. The van der Waals surface area contributed by atoms with Crippen LogP contribution in [0.4, 0.5) is 0 Å². The van der Waals surface area contributed by atoms with Crippen molar-refractivity contribution in [2.24, 2.45) is 5.73 Å². The van der Waals surface area contributed by atoms with Gasteiger partial charge in [0.2, 0.25) is 5.91 Å². The molecule has 0 aliphatic carbocycles. The van der Waals surface area contributed by atoms with E-state index in [1.54, 1.807) is 0 Å². The fraction of sp³-hybridized carbons (Fsp3) is 0.722. The number of ketones is 2. The number of hydrogen-bond acceptors (Lipinski definition) is 10. The number of hydrogen-bond donors (Lipinski definition) is 2. The van der Waals surface area contributed by atoms with E-state index in [9.17, 15) is 24.0 Å². The van der Waals surface area contributed by atoms with Crippen LogP contribution in [0.3, 0.4) is 0 Å². The fourth-order valence-corrected chi connectivity index (χ4v) is 4.32. The number of nitrogens with two attached hydrogens (primary N) is 1. The predicted octanol–water partition coefficient (Wildman–Crippen LogP) is -1.97. The van der Waals surface area contributed by atoms with Gasteiger partial charge in [-0.15, -0.1) is 0 Å². The second kappa shape index (κ2) is 18.6. The lowest BCUT2D eigenvalue weighted by Gasteiger charge is -2.17. The lowest BCUT2D eigenvalue weighted by molar-refractivity contribution is -0.142. The predicted molar refractivity (Wildman–Crippen MR) is 112 cm³/mol. The Labute approximate surface area is 195 Å². The molecule has 1 amide bonds.